The monoisotopic (exact) mass is 369 g/mol. The van der Waals surface area contributed by atoms with Crippen molar-refractivity contribution in [3.05, 3.63) is 17.7 Å². The fraction of sp³-hybridized carbons (Fsp3) is 0.467. The molecule has 0 spiro atoms. The third-order valence-electron chi connectivity index (χ3n) is 4.09. The Bertz CT molecular complexity index is 892. The summed E-state index contributed by atoms with van der Waals surface area (Å²) in [5, 5.41) is 3.21. The van der Waals surface area contributed by atoms with Gasteiger partial charge in [-0.2, -0.15) is 4.31 Å². The lowest BCUT2D eigenvalue weighted by Crippen LogP contribution is -2.42. The van der Waals surface area contributed by atoms with Gasteiger partial charge in [0.1, 0.15) is 17.3 Å². The number of carbonyl (C=O) groups is 1. The molecule has 1 N–H and O–H groups in total. The van der Waals surface area contributed by atoms with E-state index in [4.69, 9.17) is 4.74 Å². The van der Waals surface area contributed by atoms with Crippen LogP contribution in [-0.4, -0.2) is 49.6 Å². The number of fused-ring (bicyclic) bond motifs is 1. The van der Waals surface area contributed by atoms with E-state index in [9.17, 15) is 13.2 Å². The van der Waals surface area contributed by atoms with Gasteiger partial charge in [-0.1, -0.05) is 17.4 Å². The molecule has 7 nitrogen and oxygen atoms in total. The van der Waals surface area contributed by atoms with Gasteiger partial charge in [-0.15, -0.1) is 0 Å². The summed E-state index contributed by atoms with van der Waals surface area (Å²) in [4.78, 5) is 16.9. The van der Waals surface area contributed by atoms with Gasteiger partial charge in [0.25, 0.3) is 0 Å². The molecule has 1 aromatic heterocycles. The Labute approximate surface area is 144 Å². The van der Waals surface area contributed by atoms with E-state index in [1.807, 2.05) is 19.1 Å². The summed E-state index contributed by atoms with van der Waals surface area (Å²) in [6.07, 6.45) is 2.33. The van der Waals surface area contributed by atoms with Gasteiger partial charge in [0.2, 0.25) is 15.9 Å². The molecule has 0 saturated carbocycles. The molecule has 1 amide bonds. The molecular weight excluding hydrogens is 350 g/mol. The fourth-order valence-electron chi connectivity index (χ4n) is 2.92. The molecule has 0 bridgehead atoms. The van der Waals surface area contributed by atoms with Crippen LogP contribution in [0.4, 0.5) is 5.13 Å². The standard InChI is InChI=1S/C15H19N3O4S2/c1-9-6-7-11(22-2)12-13(9)23-15(16-12)17-14(19)10-5-4-8-18(10)24(3,20)21/h6-7,10H,4-5,8H2,1-3H3,(H,16,17,19)/t10-/m1/s1. The summed E-state index contributed by atoms with van der Waals surface area (Å²) in [7, 11) is -1.82. The van der Waals surface area contributed by atoms with Crippen LogP contribution in [0.25, 0.3) is 10.2 Å². The molecule has 2 heterocycles. The highest BCUT2D eigenvalue weighted by atomic mass is 32.2. The van der Waals surface area contributed by atoms with Crippen molar-refractivity contribution in [2.45, 2.75) is 25.8 Å². The van der Waals surface area contributed by atoms with E-state index in [2.05, 4.69) is 10.3 Å². The first kappa shape index (κ1) is 17.1. The van der Waals surface area contributed by atoms with Gasteiger partial charge in [-0.3, -0.25) is 4.79 Å². The number of anilines is 1. The van der Waals surface area contributed by atoms with Crippen LogP contribution in [0.5, 0.6) is 5.75 Å². The van der Waals surface area contributed by atoms with Crippen molar-refractivity contribution in [3.63, 3.8) is 0 Å². The Balaban J connectivity index is 1.87. The molecule has 1 aromatic carbocycles. The number of ether oxygens (including phenoxy) is 1. The van der Waals surface area contributed by atoms with Gasteiger partial charge < -0.3 is 10.1 Å². The molecule has 0 aliphatic carbocycles. The lowest BCUT2D eigenvalue weighted by molar-refractivity contribution is -0.119. The Hall–Kier alpha value is -1.71. The molecule has 0 radical (unpaired) electrons. The zero-order chi connectivity index (χ0) is 17.5. The van der Waals surface area contributed by atoms with Crippen molar-refractivity contribution >= 4 is 42.6 Å². The molecule has 1 aliphatic rings. The minimum absolute atomic E-state index is 0.339. The summed E-state index contributed by atoms with van der Waals surface area (Å²) in [6, 6.07) is 3.11. The van der Waals surface area contributed by atoms with Crippen LogP contribution in [-0.2, 0) is 14.8 Å². The van der Waals surface area contributed by atoms with Crippen LogP contribution < -0.4 is 10.1 Å². The molecule has 1 aliphatic heterocycles. The summed E-state index contributed by atoms with van der Waals surface area (Å²) in [6.45, 7) is 2.34. The summed E-state index contributed by atoms with van der Waals surface area (Å²) >= 11 is 1.36. The van der Waals surface area contributed by atoms with Crippen molar-refractivity contribution in [2.75, 3.05) is 25.2 Å². The zero-order valence-corrected chi connectivity index (χ0v) is 15.3. The van der Waals surface area contributed by atoms with E-state index in [0.717, 1.165) is 16.5 Å². The third kappa shape index (κ3) is 3.11. The maximum absolute atomic E-state index is 12.5. The van der Waals surface area contributed by atoms with Gasteiger partial charge in [0.15, 0.2) is 5.13 Å². The summed E-state index contributed by atoms with van der Waals surface area (Å²) in [5.41, 5.74) is 1.74. The van der Waals surface area contributed by atoms with Crippen LogP contribution in [0.1, 0.15) is 18.4 Å². The number of benzene rings is 1. The highest BCUT2D eigenvalue weighted by Crippen LogP contribution is 2.35. The van der Waals surface area contributed by atoms with E-state index in [-0.39, 0.29) is 5.91 Å². The molecular formula is C15H19N3O4S2. The number of hydrogen-bond acceptors (Lipinski definition) is 6. The van der Waals surface area contributed by atoms with Gasteiger partial charge >= 0.3 is 0 Å². The molecule has 3 rings (SSSR count). The highest BCUT2D eigenvalue weighted by molar-refractivity contribution is 7.88. The van der Waals surface area contributed by atoms with Crippen LogP contribution in [0.3, 0.4) is 0 Å². The molecule has 130 valence electrons. The second-order valence-corrected chi connectivity index (χ2v) is 8.74. The SMILES string of the molecule is COc1ccc(C)c2sc(NC(=O)[C@H]3CCCN3S(C)(=O)=O)nc12. The van der Waals surface area contributed by atoms with Crippen LogP contribution in [0, 0.1) is 6.92 Å². The molecule has 0 unspecified atom stereocenters. The highest BCUT2D eigenvalue weighted by Gasteiger charge is 2.36. The van der Waals surface area contributed by atoms with Crippen LogP contribution in [0.15, 0.2) is 12.1 Å². The lowest BCUT2D eigenvalue weighted by atomic mass is 10.2. The number of sulfonamides is 1. The van der Waals surface area contributed by atoms with Gasteiger partial charge in [-0.25, -0.2) is 13.4 Å². The van der Waals surface area contributed by atoms with Gasteiger partial charge in [0.05, 0.1) is 18.1 Å². The van der Waals surface area contributed by atoms with E-state index in [0.29, 0.717) is 35.8 Å². The first-order valence-corrected chi connectivity index (χ1v) is 10.2. The summed E-state index contributed by atoms with van der Waals surface area (Å²) in [5.74, 6) is 0.305. The minimum atomic E-state index is -3.40. The van der Waals surface area contributed by atoms with E-state index in [1.165, 1.54) is 15.6 Å². The number of rotatable bonds is 4. The average Bonchev–Trinajstić information content (AvgIpc) is 3.13. The topological polar surface area (TPSA) is 88.6 Å². The largest absolute Gasteiger partial charge is 0.494 e. The first-order valence-electron chi connectivity index (χ1n) is 7.53. The van der Waals surface area contributed by atoms with Gasteiger partial charge in [-0.05, 0) is 31.4 Å². The second-order valence-electron chi connectivity index (χ2n) is 5.80. The van der Waals surface area contributed by atoms with Crippen molar-refractivity contribution in [3.8, 4) is 5.75 Å². The number of nitrogens with zero attached hydrogens (tertiary/aromatic N) is 2. The smallest absolute Gasteiger partial charge is 0.244 e. The van der Waals surface area contributed by atoms with Crippen molar-refractivity contribution in [2.24, 2.45) is 0 Å². The first-order chi connectivity index (χ1) is 11.3. The Morgan fingerprint density at radius 2 is 2.21 bits per heavy atom. The Morgan fingerprint density at radius 1 is 1.46 bits per heavy atom. The third-order valence-corrected chi connectivity index (χ3v) is 6.48. The maximum atomic E-state index is 12.5. The second kappa shape index (κ2) is 6.30. The van der Waals surface area contributed by atoms with E-state index in [1.54, 1.807) is 7.11 Å². The van der Waals surface area contributed by atoms with Crippen LogP contribution in [0.2, 0.25) is 0 Å². The quantitative estimate of drug-likeness (QED) is 0.890. The minimum Gasteiger partial charge on any atom is -0.494 e. The molecule has 1 fully saturated rings. The lowest BCUT2D eigenvalue weighted by Gasteiger charge is -2.20. The average molecular weight is 369 g/mol. The normalized spacial score (nSPS) is 18.9. The molecule has 1 saturated heterocycles. The maximum Gasteiger partial charge on any atom is 0.244 e. The predicted octanol–water partition coefficient (Wildman–Crippen LogP) is 1.98. The van der Waals surface area contributed by atoms with Crippen molar-refractivity contribution in [1.82, 2.24) is 9.29 Å². The number of thiazole rings is 1. The number of methoxy groups -OCH3 is 1. The summed E-state index contributed by atoms with van der Waals surface area (Å²) < 4.78 is 31.1. The number of aromatic nitrogens is 1. The molecule has 24 heavy (non-hydrogen) atoms. The predicted molar refractivity (Wildman–Crippen MR) is 94.1 cm³/mol. The van der Waals surface area contributed by atoms with Crippen molar-refractivity contribution < 1.29 is 17.9 Å². The van der Waals surface area contributed by atoms with Crippen LogP contribution >= 0.6 is 11.3 Å². The Kier molecular flexibility index (Phi) is 4.50. The molecule has 1 atom stereocenters. The number of amides is 1. The zero-order valence-electron chi connectivity index (χ0n) is 13.7. The Morgan fingerprint density at radius 3 is 2.88 bits per heavy atom. The number of nitrogens with one attached hydrogen (secondary N) is 1. The molecule has 2 aromatic rings. The van der Waals surface area contributed by atoms with E-state index < -0.39 is 16.1 Å². The van der Waals surface area contributed by atoms with Crippen molar-refractivity contribution in [1.29, 1.82) is 0 Å². The number of aryl methyl sites for hydroxylation is 1. The fourth-order valence-corrected chi connectivity index (χ4v) is 4.99. The van der Waals surface area contributed by atoms with E-state index >= 15 is 0 Å². The number of carbonyl (C=O) groups excluding carboxylic acids is 1. The molecule has 9 heteroatoms. The number of hydrogen-bond donors (Lipinski definition) is 1. The van der Waals surface area contributed by atoms with Gasteiger partial charge in [0, 0.05) is 6.54 Å².